The van der Waals surface area contributed by atoms with E-state index in [1.54, 1.807) is 18.2 Å². The number of rotatable bonds is 7. The van der Waals surface area contributed by atoms with Gasteiger partial charge in [-0.15, -0.1) is 0 Å². The fourth-order valence-corrected chi connectivity index (χ4v) is 1.66. The fourth-order valence-electron chi connectivity index (χ4n) is 1.66. The van der Waals surface area contributed by atoms with E-state index in [0.29, 0.717) is 25.1 Å². The molecule has 0 spiro atoms. The standard InChI is InChI=1S/C16H22N2O3/c1-12(2)10-15(20)18-11-13-4-6-14(7-5-13)16(21)17-8-3-9-19/h4-7,10,19H,3,8-9,11H2,1-2H3,(H,17,21)(H,18,20). The zero-order valence-electron chi connectivity index (χ0n) is 12.5. The summed E-state index contributed by atoms with van der Waals surface area (Å²) in [6.45, 7) is 4.67. The Kier molecular flexibility index (Phi) is 7.18. The first-order valence-electron chi connectivity index (χ1n) is 6.93. The minimum atomic E-state index is -0.163. The van der Waals surface area contributed by atoms with E-state index in [1.807, 2.05) is 26.0 Å². The monoisotopic (exact) mass is 290 g/mol. The van der Waals surface area contributed by atoms with E-state index in [9.17, 15) is 9.59 Å². The zero-order chi connectivity index (χ0) is 15.7. The molecule has 21 heavy (non-hydrogen) atoms. The number of aliphatic hydroxyl groups excluding tert-OH is 1. The number of aliphatic hydroxyl groups is 1. The van der Waals surface area contributed by atoms with Crippen molar-refractivity contribution in [2.75, 3.05) is 13.2 Å². The van der Waals surface area contributed by atoms with E-state index < -0.39 is 0 Å². The normalized spacial score (nSPS) is 9.86. The fraction of sp³-hybridized carbons (Fsp3) is 0.375. The van der Waals surface area contributed by atoms with Crippen LogP contribution in [0.15, 0.2) is 35.9 Å². The predicted molar refractivity (Wildman–Crippen MR) is 81.8 cm³/mol. The third-order valence-electron chi connectivity index (χ3n) is 2.72. The van der Waals surface area contributed by atoms with Crippen LogP contribution in [0, 0.1) is 0 Å². The number of benzene rings is 1. The Morgan fingerprint density at radius 3 is 2.38 bits per heavy atom. The van der Waals surface area contributed by atoms with Crippen LogP contribution in [-0.2, 0) is 11.3 Å². The van der Waals surface area contributed by atoms with Crippen molar-refractivity contribution in [2.45, 2.75) is 26.8 Å². The molecule has 0 fully saturated rings. The van der Waals surface area contributed by atoms with Gasteiger partial charge in [0.2, 0.25) is 5.91 Å². The van der Waals surface area contributed by atoms with Crippen LogP contribution in [0.25, 0.3) is 0 Å². The topological polar surface area (TPSA) is 78.4 Å². The van der Waals surface area contributed by atoms with Gasteiger partial charge in [-0.25, -0.2) is 0 Å². The van der Waals surface area contributed by atoms with Crippen molar-refractivity contribution in [3.63, 3.8) is 0 Å². The van der Waals surface area contributed by atoms with E-state index in [2.05, 4.69) is 10.6 Å². The van der Waals surface area contributed by atoms with Crippen LogP contribution in [0.1, 0.15) is 36.2 Å². The first kappa shape index (κ1) is 16.9. The maximum atomic E-state index is 11.7. The van der Waals surface area contributed by atoms with E-state index in [0.717, 1.165) is 11.1 Å². The number of hydrogen-bond donors (Lipinski definition) is 3. The minimum Gasteiger partial charge on any atom is -0.396 e. The number of allylic oxidation sites excluding steroid dienone is 1. The lowest BCUT2D eigenvalue weighted by molar-refractivity contribution is -0.116. The van der Waals surface area contributed by atoms with Gasteiger partial charge < -0.3 is 15.7 Å². The summed E-state index contributed by atoms with van der Waals surface area (Å²) in [5.74, 6) is -0.288. The molecule has 0 unspecified atom stereocenters. The number of nitrogens with one attached hydrogen (secondary N) is 2. The molecule has 1 aromatic rings. The van der Waals surface area contributed by atoms with E-state index in [-0.39, 0.29) is 18.4 Å². The molecule has 5 heteroatoms. The highest BCUT2D eigenvalue weighted by molar-refractivity contribution is 5.94. The van der Waals surface area contributed by atoms with Crippen molar-refractivity contribution in [1.29, 1.82) is 0 Å². The minimum absolute atomic E-state index is 0.0601. The number of amides is 2. The van der Waals surface area contributed by atoms with Gasteiger partial charge in [0.15, 0.2) is 0 Å². The average Bonchev–Trinajstić information content (AvgIpc) is 2.45. The average molecular weight is 290 g/mol. The van der Waals surface area contributed by atoms with Crippen molar-refractivity contribution >= 4 is 11.8 Å². The summed E-state index contributed by atoms with van der Waals surface area (Å²) < 4.78 is 0. The Morgan fingerprint density at radius 1 is 1.14 bits per heavy atom. The van der Waals surface area contributed by atoms with E-state index in [4.69, 9.17) is 5.11 Å². The molecule has 0 saturated heterocycles. The van der Waals surface area contributed by atoms with E-state index in [1.165, 1.54) is 0 Å². The van der Waals surface area contributed by atoms with Gasteiger partial charge in [-0.3, -0.25) is 9.59 Å². The SMILES string of the molecule is CC(C)=CC(=O)NCc1ccc(C(=O)NCCCO)cc1. The molecule has 0 aliphatic rings. The summed E-state index contributed by atoms with van der Waals surface area (Å²) in [5.41, 5.74) is 2.44. The third kappa shape index (κ3) is 6.72. The van der Waals surface area contributed by atoms with Gasteiger partial charge in [-0.2, -0.15) is 0 Å². The Labute approximate surface area is 125 Å². The second-order valence-electron chi connectivity index (χ2n) is 4.97. The first-order chi connectivity index (χ1) is 10.0. The highest BCUT2D eigenvalue weighted by Crippen LogP contribution is 2.04. The van der Waals surface area contributed by atoms with Gasteiger partial charge in [-0.1, -0.05) is 17.7 Å². The molecule has 0 bridgehead atoms. The molecule has 114 valence electrons. The molecule has 1 aromatic carbocycles. The molecule has 0 atom stereocenters. The van der Waals surface area contributed by atoms with Crippen molar-refractivity contribution in [3.05, 3.63) is 47.0 Å². The van der Waals surface area contributed by atoms with Crippen molar-refractivity contribution in [1.82, 2.24) is 10.6 Å². The maximum absolute atomic E-state index is 11.7. The molecule has 0 aromatic heterocycles. The Bertz CT molecular complexity index is 503. The Morgan fingerprint density at radius 2 is 1.81 bits per heavy atom. The predicted octanol–water partition coefficient (Wildman–Crippen LogP) is 1.38. The molecule has 1 rings (SSSR count). The van der Waals surface area contributed by atoms with Gasteiger partial charge in [0.1, 0.15) is 0 Å². The maximum Gasteiger partial charge on any atom is 0.251 e. The van der Waals surface area contributed by atoms with Crippen LogP contribution >= 0.6 is 0 Å². The van der Waals surface area contributed by atoms with E-state index >= 15 is 0 Å². The Hall–Kier alpha value is -2.14. The Balaban J connectivity index is 2.48. The highest BCUT2D eigenvalue weighted by Gasteiger charge is 2.04. The van der Waals surface area contributed by atoms with Gasteiger partial charge in [0.25, 0.3) is 5.91 Å². The molecule has 0 aliphatic heterocycles. The number of carbonyl (C=O) groups is 2. The number of carbonyl (C=O) groups excluding carboxylic acids is 2. The quantitative estimate of drug-likeness (QED) is 0.524. The highest BCUT2D eigenvalue weighted by atomic mass is 16.3. The van der Waals surface area contributed by atoms with Crippen LogP contribution in [0.3, 0.4) is 0 Å². The smallest absolute Gasteiger partial charge is 0.251 e. The molecule has 0 saturated carbocycles. The number of hydrogen-bond acceptors (Lipinski definition) is 3. The summed E-state index contributed by atoms with van der Waals surface area (Å²) >= 11 is 0. The summed E-state index contributed by atoms with van der Waals surface area (Å²) in [4.78, 5) is 23.2. The molecule has 0 heterocycles. The van der Waals surface area contributed by atoms with Crippen LogP contribution in [0.4, 0.5) is 0 Å². The van der Waals surface area contributed by atoms with Crippen molar-refractivity contribution in [3.8, 4) is 0 Å². The summed E-state index contributed by atoms with van der Waals surface area (Å²) in [6.07, 6.45) is 2.09. The second-order valence-corrected chi connectivity index (χ2v) is 4.97. The lowest BCUT2D eigenvalue weighted by Crippen LogP contribution is -2.25. The zero-order valence-corrected chi connectivity index (χ0v) is 12.5. The molecular formula is C16H22N2O3. The summed E-state index contributed by atoms with van der Waals surface area (Å²) in [7, 11) is 0. The lowest BCUT2D eigenvalue weighted by Gasteiger charge is -2.06. The summed E-state index contributed by atoms with van der Waals surface area (Å²) in [6, 6.07) is 7.06. The van der Waals surface area contributed by atoms with Crippen LogP contribution in [0.5, 0.6) is 0 Å². The molecule has 3 N–H and O–H groups in total. The second kappa shape index (κ2) is 8.92. The van der Waals surface area contributed by atoms with Crippen molar-refractivity contribution < 1.29 is 14.7 Å². The van der Waals surface area contributed by atoms with Gasteiger partial charge in [0, 0.05) is 31.3 Å². The third-order valence-corrected chi connectivity index (χ3v) is 2.72. The van der Waals surface area contributed by atoms with Crippen LogP contribution in [-0.4, -0.2) is 30.1 Å². The molecular weight excluding hydrogens is 268 g/mol. The molecule has 5 nitrogen and oxygen atoms in total. The van der Waals surface area contributed by atoms with Gasteiger partial charge >= 0.3 is 0 Å². The van der Waals surface area contributed by atoms with Crippen molar-refractivity contribution in [2.24, 2.45) is 0 Å². The molecule has 0 aliphatic carbocycles. The largest absolute Gasteiger partial charge is 0.396 e. The molecule has 0 radical (unpaired) electrons. The molecule has 2 amide bonds. The van der Waals surface area contributed by atoms with Crippen LogP contribution in [0.2, 0.25) is 0 Å². The first-order valence-corrected chi connectivity index (χ1v) is 6.93. The van der Waals surface area contributed by atoms with Crippen LogP contribution < -0.4 is 10.6 Å². The van der Waals surface area contributed by atoms with Gasteiger partial charge in [-0.05, 0) is 38.0 Å². The van der Waals surface area contributed by atoms with Gasteiger partial charge in [0.05, 0.1) is 0 Å². The summed E-state index contributed by atoms with van der Waals surface area (Å²) in [5, 5.41) is 14.1. The lowest BCUT2D eigenvalue weighted by atomic mass is 10.1.